The molecule has 1 aromatic heterocycles. The summed E-state index contributed by atoms with van der Waals surface area (Å²) >= 11 is 1.36. The van der Waals surface area contributed by atoms with E-state index in [4.69, 9.17) is 4.74 Å². The van der Waals surface area contributed by atoms with Gasteiger partial charge in [-0.25, -0.2) is 4.79 Å². The smallest absolute Gasteiger partial charge is 0.341 e. The Bertz CT molecular complexity index is 682. The van der Waals surface area contributed by atoms with Gasteiger partial charge in [0.1, 0.15) is 5.00 Å². The van der Waals surface area contributed by atoms with Crippen LogP contribution in [0.15, 0.2) is 5.38 Å². The van der Waals surface area contributed by atoms with E-state index in [9.17, 15) is 14.4 Å². The summed E-state index contributed by atoms with van der Waals surface area (Å²) in [6, 6.07) is 0.0727. The summed E-state index contributed by atoms with van der Waals surface area (Å²) in [6.45, 7) is 8.87. The van der Waals surface area contributed by atoms with Crippen molar-refractivity contribution in [3.05, 3.63) is 16.5 Å². The Balaban J connectivity index is 2.02. The predicted octanol–water partition coefficient (Wildman–Crippen LogP) is 1.17. The molecule has 0 radical (unpaired) electrons. The molecule has 1 atom stereocenters. The molecule has 7 nitrogen and oxygen atoms in total. The van der Waals surface area contributed by atoms with Crippen LogP contribution in [0.5, 0.6) is 0 Å². The van der Waals surface area contributed by atoms with Crippen molar-refractivity contribution in [2.75, 3.05) is 31.6 Å². The average Bonchev–Trinajstić information content (AvgIpc) is 3.34. The maximum atomic E-state index is 12.5. The van der Waals surface area contributed by atoms with E-state index < -0.39 is 0 Å². The summed E-state index contributed by atoms with van der Waals surface area (Å²) in [4.78, 5) is 37.7. The molecule has 1 aliphatic carbocycles. The maximum absolute atomic E-state index is 12.5. The van der Waals surface area contributed by atoms with E-state index >= 15 is 0 Å². The number of quaternary nitrogens is 1. The number of rotatable bonds is 10. The lowest BCUT2D eigenvalue weighted by Gasteiger charge is -2.17. The number of ether oxygens (including phenoxy) is 1. The number of hydrogen-bond donors (Lipinski definition) is 3. The number of thiophene rings is 1. The number of amides is 2. The van der Waals surface area contributed by atoms with E-state index in [1.54, 1.807) is 6.92 Å². The van der Waals surface area contributed by atoms with E-state index in [-0.39, 0.29) is 36.9 Å². The van der Waals surface area contributed by atoms with Crippen molar-refractivity contribution in [2.24, 2.45) is 0 Å². The summed E-state index contributed by atoms with van der Waals surface area (Å²) in [5.74, 6) is -0.274. The van der Waals surface area contributed by atoms with E-state index in [2.05, 4.69) is 10.6 Å². The molecule has 3 N–H and O–H groups in total. The van der Waals surface area contributed by atoms with Crippen LogP contribution in [0, 0.1) is 0 Å². The van der Waals surface area contributed by atoms with Crippen LogP contribution in [0.25, 0.3) is 0 Å². The molecule has 0 spiro atoms. The first kappa shape index (κ1) is 21.4. The van der Waals surface area contributed by atoms with Gasteiger partial charge in [0.25, 0.3) is 11.8 Å². The summed E-state index contributed by atoms with van der Waals surface area (Å²) < 4.78 is 5.18. The van der Waals surface area contributed by atoms with Gasteiger partial charge >= 0.3 is 5.97 Å². The van der Waals surface area contributed by atoms with Crippen LogP contribution in [-0.4, -0.2) is 50.1 Å². The first-order valence-electron chi connectivity index (χ1n) is 9.56. The van der Waals surface area contributed by atoms with Crippen LogP contribution in [0.2, 0.25) is 0 Å². The van der Waals surface area contributed by atoms with Crippen molar-refractivity contribution in [3.8, 4) is 0 Å². The highest BCUT2D eigenvalue weighted by molar-refractivity contribution is 7.15. The van der Waals surface area contributed by atoms with Crippen LogP contribution >= 0.6 is 11.3 Å². The molecule has 2 rings (SSSR count). The topological polar surface area (TPSA) is 88.9 Å². The summed E-state index contributed by atoms with van der Waals surface area (Å²) in [7, 11) is 0. The highest BCUT2D eigenvalue weighted by atomic mass is 32.1. The molecule has 0 saturated heterocycles. The maximum Gasteiger partial charge on any atom is 0.341 e. The minimum atomic E-state index is -0.382. The van der Waals surface area contributed by atoms with E-state index in [1.807, 2.05) is 26.2 Å². The largest absolute Gasteiger partial charge is 0.462 e. The van der Waals surface area contributed by atoms with Gasteiger partial charge in [0, 0.05) is 6.04 Å². The molecule has 150 valence electrons. The van der Waals surface area contributed by atoms with Crippen LogP contribution in [0.1, 0.15) is 62.4 Å². The van der Waals surface area contributed by atoms with Gasteiger partial charge in [0.2, 0.25) is 0 Å². The Kier molecular flexibility index (Phi) is 7.79. The lowest BCUT2D eigenvalue weighted by atomic mass is 10.1. The van der Waals surface area contributed by atoms with Gasteiger partial charge in [-0.2, -0.15) is 0 Å². The third-order valence-corrected chi connectivity index (χ3v) is 5.25. The monoisotopic (exact) mass is 396 g/mol. The number of anilines is 1. The number of esters is 1. The molecule has 0 aromatic carbocycles. The van der Waals surface area contributed by atoms with E-state index in [1.165, 1.54) is 11.3 Å². The number of nitrogens with one attached hydrogen (secondary N) is 3. The van der Waals surface area contributed by atoms with Crippen molar-refractivity contribution < 1.29 is 24.0 Å². The molecule has 1 unspecified atom stereocenters. The molecule has 1 heterocycles. The summed E-state index contributed by atoms with van der Waals surface area (Å²) in [5, 5.41) is 8.19. The zero-order valence-electron chi connectivity index (χ0n) is 16.5. The van der Waals surface area contributed by atoms with Gasteiger partial charge < -0.3 is 20.3 Å². The fourth-order valence-corrected chi connectivity index (χ4v) is 3.93. The molecule has 1 aromatic rings. The SMILES string of the molecule is CCOC(=O)c1c(C2CC2)csc1NC(=O)C[NH+](CC)CC(=O)NC(C)C. The van der Waals surface area contributed by atoms with E-state index in [0.29, 0.717) is 29.6 Å². The van der Waals surface area contributed by atoms with Crippen molar-refractivity contribution in [1.82, 2.24) is 5.32 Å². The number of carbonyl (C=O) groups excluding carboxylic acids is 3. The fraction of sp³-hybridized carbons (Fsp3) is 0.632. The molecule has 1 saturated carbocycles. The van der Waals surface area contributed by atoms with Crippen LogP contribution in [-0.2, 0) is 14.3 Å². The molecule has 0 aliphatic heterocycles. The lowest BCUT2D eigenvalue weighted by Crippen LogP contribution is -3.14. The number of likely N-dealkylation sites (N-methyl/N-ethyl adjacent to an activating group) is 1. The molecule has 1 aliphatic rings. The molecule has 2 amide bonds. The quantitative estimate of drug-likeness (QED) is 0.518. The van der Waals surface area contributed by atoms with Gasteiger partial charge in [-0.15, -0.1) is 11.3 Å². The predicted molar refractivity (Wildman–Crippen MR) is 105 cm³/mol. The summed E-state index contributed by atoms with van der Waals surface area (Å²) in [5.41, 5.74) is 1.47. The molecule has 8 heteroatoms. The van der Waals surface area contributed by atoms with E-state index in [0.717, 1.165) is 23.3 Å². The molecular formula is C19H30N3O4S+. The Morgan fingerprint density at radius 1 is 1.22 bits per heavy atom. The van der Waals surface area contributed by atoms with Crippen LogP contribution in [0.4, 0.5) is 5.00 Å². The highest BCUT2D eigenvalue weighted by Crippen LogP contribution is 2.46. The van der Waals surface area contributed by atoms with Crippen LogP contribution in [0.3, 0.4) is 0 Å². The second-order valence-electron chi connectivity index (χ2n) is 7.12. The van der Waals surface area contributed by atoms with Crippen molar-refractivity contribution in [3.63, 3.8) is 0 Å². The van der Waals surface area contributed by atoms with Crippen LogP contribution < -0.4 is 15.5 Å². The molecular weight excluding hydrogens is 366 g/mol. The normalized spacial score (nSPS) is 14.7. The van der Waals surface area contributed by atoms with Crippen molar-refractivity contribution in [2.45, 2.75) is 52.5 Å². The minimum absolute atomic E-state index is 0.0727. The minimum Gasteiger partial charge on any atom is -0.462 e. The van der Waals surface area contributed by atoms with Crippen molar-refractivity contribution >= 4 is 34.1 Å². The third-order valence-electron chi connectivity index (χ3n) is 4.34. The highest BCUT2D eigenvalue weighted by Gasteiger charge is 2.32. The lowest BCUT2D eigenvalue weighted by molar-refractivity contribution is -0.881. The second kappa shape index (κ2) is 9.85. The fourth-order valence-electron chi connectivity index (χ4n) is 2.88. The number of hydrogen-bond acceptors (Lipinski definition) is 5. The van der Waals surface area contributed by atoms with Gasteiger partial charge in [-0.05, 0) is 57.4 Å². The molecule has 1 fully saturated rings. The first-order valence-corrected chi connectivity index (χ1v) is 10.4. The Morgan fingerprint density at radius 2 is 1.89 bits per heavy atom. The Morgan fingerprint density at radius 3 is 2.44 bits per heavy atom. The zero-order valence-corrected chi connectivity index (χ0v) is 17.3. The van der Waals surface area contributed by atoms with Gasteiger partial charge in [-0.3, -0.25) is 9.59 Å². The number of carbonyl (C=O) groups is 3. The first-order chi connectivity index (χ1) is 12.8. The second-order valence-corrected chi connectivity index (χ2v) is 8.00. The van der Waals surface area contributed by atoms with Gasteiger partial charge in [-0.1, -0.05) is 0 Å². The van der Waals surface area contributed by atoms with Crippen molar-refractivity contribution in [1.29, 1.82) is 0 Å². The third kappa shape index (κ3) is 6.32. The molecule has 27 heavy (non-hydrogen) atoms. The molecule has 0 bridgehead atoms. The summed E-state index contributed by atoms with van der Waals surface area (Å²) in [6.07, 6.45) is 2.13. The van der Waals surface area contributed by atoms with Gasteiger partial charge in [0.05, 0.1) is 18.7 Å². The average molecular weight is 397 g/mol. The Labute approximate surface area is 164 Å². The zero-order chi connectivity index (χ0) is 20.0. The standard InChI is InChI=1S/C19H29N3O4S/c1-5-22(9-15(23)20-12(3)4)10-16(24)21-18-17(19(25)26-6-2)14(11-27-18)13-7-8-13/h11-13H,5-10H2,1-4H3,(H,20,23)(H,21,24)/p+1. The van der Waals surface area contributed by atoms with Gasteiger partial charge in [0.15, 0.2) is 13.1 Å². The Hall–Kier alpha value is -1.93.